The minimum atomic E-state index is 0.0789. The number of anilines is 1. The molecule has 0 aliphatic heterocycles. The van der Waals surface area contributed by atoms with E-state index in [9.17, 15) is 0 Å². The van der Waals surface area contributed by atoms with Gasteiger partial charge in [-0.3, -0.25) is 0 Å². The summed E-state index contributed by atoms with van der Waals surface area (Å²) in [4.78, 5) is 8.35. The number of benzene rings is 2. The molecule has 3 aromatic rings. The van der Waals surface area contributed by atoms with Crippen LogP contribution in [0.1, 0.15) is 0 Å². The molecule has 0 saturated carbocycles. The summed E-state index contributed by atoms with van der Waals surface area (Å²) >= 11 is 5.99. The number of methoxy groups -OCH3 is 2. The molecule has 0 aliphatic rings. The maximum Gasteiger partial charge on any atom is 0.231 e. The second kappa shape index (κ2) is 6.18. The van der Waals surface area contributed by atoms with E-state index < -0.39 is 0 Å². The molecule has 0 fully saturated rings. The molecule has 1 aromatic heterocycles. The number of nitrogen functional groups attached to an aromatic ring is 1. The minimum absolute atomic E-state index is 0.0789. The summed E-state index contributed by atoms with van der Waals surface area (Å²) in [6.07, 6.45) is 0. The molecule has 6 nitrogen and oxygen atoms in total. The number of fused-ring (bicyclic) bond motifs is 1. The van der Waals surface area contributed by atoms with Crippen LogP contribution in [-0.2, 0) is 0 Å². The van der Waals surface area contributed by atoms with Gasteiger partial charge in [0.05, 0.1) is 25.1 Å². The first-order chi connectivity index (χ1) is 11.1. The molecule has 0 spiro atoms. The quantitative estimate of drug-likeness (QED) is 0.580. The average molecular weight is 332 g/mol. The molecule has 3 rings (SSSR count). The van der Waals surface area contributed by atoms with E-state index in [0.717, 1.165) is 0 Å². The van der Waals surface area contributed by atoms with E-state index in [0.29, 0.717) is 39.7 Å². The lowest BCUT2D eigenvalue weighted by atomic mass is 10.2. The Morgan fingerprint density at radius 2 is 1.61 bits per heavy atom. The van der Waals surface area contributed by atoms with E-state index in [4.69, 9.17) is 31.5 Å². The molecule has 0 aliphatic carbocycles. The Balaban J connectivity index is 2.13. The summed E-state index contributed by atoms with van der Waals surface area (Å²) in [5.74, 6) is 2.01. The maximum atomic E-state index is 5.99. The van der Waals surface area contributed by atoms with E-state index >= 15 is 0 Å². The van der Waals surface area contributed by atoms with Crippen LogP contribution in [0.3, 0.4) is 0 Å². The van der Waals surface area contributed by atoms with Crippen LogP contribution in [0.15, 0.2) is 36.4 Å². The fraction of sp³-hybridized carbons (Fsp3) is 0.125. The molecule has 0 amide bonds. The van der Waals surface area contributed by atoms with Crippen molar-refractivity contribution in [3.05, 3.63) is 41.7 Å². The Kier molecular flexibility index (Phi) is 4.08. The van der Waals surface area contributed by atoms with Crippen molar-refractivity contribution < 1.29 is 14.2 Å². The third-order valence-electron chi connectivity index (χ3n) is 3.23. The Hall–Kier alpha value is -2.73. The molecular weight excluding hydrogens is 318 g/mol. The first-order valence-electron chi connectivity index (χ1n) is 6.73. The van der Waals surface area contributed by atoms with Crippen molar-refractivity contribution in [1.82, 2.24) is 9.97 Å². The second-order valence-electron chi connectivity index (χ2n) is 4.69. The summed E-state index contributed by atoms with van der Waals surface area (Å²) in [6, 6.07) is 10.4. The average Bonchev–Trinajstić information content (AvgIpc) is 2.55. The Morgan fingerprint density at radius 1 is 0.957 bits per heavy atom. The zero-order valence-corrected chi connectivity index (χ0v) is 13.3. The highest BCUT2D eigenvalue weighted by Gasteiger charge is 2.14. The first kappa shape index (κ1) is 15.2. The molecule has 0 atom stereocenters. The lowest BCUT2D eigenvalue weighted by Gasteiger charge is -2.12. The fourth-order valence-electron chi connectivity index (χ4n) is 2.13. The largest absolute Gasteiger partial charge is 0.493 e. The molecule has 0 radical (unpaired) electrons. The monoisotopic (exact) mass is 331 g/mol. The third-order valence-corrected chi connectivity index (χ3v) is 3.40. The Morgan fingerprint density at radius 3 is 2.26 bits per heavy atom. The lowest BCUT2D eigenvalue weighted by molar-refractivity contribution is 0.355. The third kappa shape index (κ3) is 3.07. The second-order valence-corrected chi connectivity index (χ2v) is 5.03. The van der Waals surface area contributed by atoms with Gasteiger partial charge in [0.25, 0.3) is 0 Å². The summed E-state index contributed by atoms with van der Waals surface area (Å²) < 4.78 is 16.4. The summed E-state index contributed by atoms with van der Waals surface area (Å²) in [5.41, 5.74) is 6.91. The number of nitrogens with zero attached hydrogens (tertiary/aromatic N) is 2. The van der Waals surface area contributed by atoms with E-state index in [1.54, 1.807) is 50.6 Å². The van der Waals surface area contributed by atoms with E-state index in [1.165, 1.54) is 0 Å². The predicted octanol–water partition coefficient (Wildman–Crippen LogP) is 3.67. The van der Waals surface area contributed by atoms with Gasteiger partial charge < -0.3 is 19.9 Å². The number of halogens is 1. The summed E-state index contributed by atoms with van der Waals surface area (Å²) in [6.45, 7) is 0. The molecule has 23 heavy (non-hydrogen) atoms. The van der Waals surface area contributed by atoms with Crippen molar-refractivity contribution in [3.8, 4) is 23.1 Å². The van der Waals surface area contributed by atoms with E-state index in [2.05, 4.69) is 9.97 Å². The zero-order valence-electron chi connectivity index (χ0n) is 12.5. The van der Waals surface area contributed by atoms with Crippen molar-refractivity contribution in [1.29, 1.82) is 0 Å². The van der Waals surface area contributed by atoms with Crippen LogP contribution < -0.4 is 19.9 Å². The number of ether oxygens (including phenoxy) is 3. The molecule has 118 valence electrons. The van der Waals surface area contributed by atoms with Crippen molar-refractivity contribution in [2.45, 2.75) is 0 Å². The molecule has 2 aromatic carbocycles. The lowest BCUT2D eigenvalue weighted by Crippen LogP contribution is -1.96. The fourth-order valence-corrected chi connectivity index (χ4v) is 2.29. The van der Waals surface area contributed by atoms with Crippen molar-refractivity contribution in [2.75, 3.05) is 20.0 Å². The van der Waals surface area contributed by atoms with Gasteiger partial charge in [0.15, 0.2) is 11.5 Å². The van der Waals surface area contributed by atoms with E-state index in [1.807, 2.05) is 0 Å². The molecule has 0 bridgehead atoms. The molecule has 2 N–H and O–H groups in total. The summed E-state index contributed by atoms with van der Waals surface area (Å²) in [5, 5.41) is 0.735. The van der Waals surface area contributed by atoms with Gasteiger partial charge >= 0.3 is 0 Å². The molecule has 0 unspecified atom stereocenters. The molecule has 1 heterocycles. The van der Waals surface area contributed by atoms with Crippen LogP contribution in [0.4, 0.5) is 5.69 Å². The highest BCUT2D eigenvalue weighted by Crippen LogP contribution is 2.36. The predicted molar refractivity (Wildman–Crippen MR) is 88.6 cm³/mol. The van der Waals surface area contributed by atoms with Gasteiger partial charge in [0.2, 0.25) is 11.2 Å². The highest BCUT2D eigenvalue weighted by molar-refractivity contribution is 6.28. The number of aromatic nitrogens is 2. The molecular formula is C16H14ClN3O3. The molecule has 7 heteroatoms. The van der Waals surface area contributed by atoms with Gasteiger partial charge in [-0.25, -0.2) is 4.98 Å². The van der Waals surface area contributed by atoms with Crippen molar-refractivity contribution in [2.24, 2.45) is 0 Å². The van der Waals surface area contributed by atoms with Gasteiger partial charge in [0, 0.05) is 11.8 Å². The van der Waals surface area contributed by atoms with Gasteiger partial charge in [-0.1, -0.05) is 0 Å². The normalized spacial score (nSPS) is 10.6. The number of hydrogen-bond acceptors (Lipinski definition) is 6. The number of nitrogens with two attached hydrogens (primary N) is 1. The van der Waals surface area contributed by atoms with Gasteiger partial charge in [0.1, 0.15) is 5.75 Å². The van der Waals surface area contributed by atoms with Crippen LogP contribution >= 0.6 is 11.6 Å². The highest BCUT2D eigenvalue weighted by atomic mass is 35.5. The van der Waals surface area contributed by atoms with Crippen LogP contribution in [0.25, 0.3) is 10.9 Å². The van der Waals surface area contributed by atoms with Crippen LogP contribution in [0, 0.1) is 0 Å². The smallest absolute Gasteiger partial charge is 0.231 e. The molecule has 0 saturated heterocycles. The minimum Gasteiger partial charge on any atom is -0.493 e. The van der Waals surface area contributed by atoms with Gasteiger partial charge in [-0.2, -0.15) is 4.98 Å². The summed E-state index contributed by atoms with van der Waals surface area (Å²) in [7, 11) is 3.11. The van der Waals surface area contributed by atoms with Gasteiger partial charge in [-0.15, -0.1) is 0 Å². The standard InChI is InChI=1S/C16H14ClN3O3/c1-21-13-7-11-12(8-14(13)22-2)19-16(17)20-15(11)23-10-5-3-9(18)4-6-10/h3-8H,18H2,1-2H3. The number of hydrogen-bond donors (Lipinski definition) is 1. The van der Waals surface area contributed by atoms with Crippen molar-refractivity contribution in [3.63, 3.8) is 0 Å². The van der Waals surface area contributed by atoms with Crippen LogP contribution in [-0.4, -0.2) is 24.2 Å². The number of rotatable bonds is 4. The van der Waals surface area contributed by atoms with Crippen molar-refractivity contribution >= 4 is 28.2 Å². The van der Waals surface area contributed by atoms with Gasteiger partial charge in [-0.05, 0) is 41.9 Å². The zero-order chi connectivity index (χ0) is 16.4. The van der Waals surface area contributed by atoms with E-state index in [-0.39, 0.29) is 5.28 Å². The Labute approximate surface area is 137 Å². The SMILES string of the molecule is COc1cc2nc(Cl)nc(Oc3ccc(N)cc3)c2cc1OC. The van der Waals surface area contributed by atoms with Crippen LogP contribution in [0.5, 0.6) is 23.1 Å². The van der Waals surface area contributed by atoms with Crippen LogP contribution in [0.2, 0.25) is 5.28 Å². The topological polar surface area (TPSA) is 79.5 Å². The first-order valence-corrected chi connectivity index (χ1v) is 7.11. The Bertz CT molecular complexity index is 853. The maximum absolute atomic E-state index is 5.99.